The molecule has 5 rings (SSSR count). The molecule has 38 heavy (non-hydrogen) atoms. The minimum atomic E-state index is -2.62. The fourth-order valence-corrected chi connectivity index (χ4v) is 5.05. The third-order valence-electron chi connectivity index (χ3n) is 7.16. The van der Waals surface area contributed by atoms with Crippen LogP contribution in [-0.4, -0.2) is 88.5 Å². The van der Waals surface area contributed by atoms with Crippen molar-refractivity contribution in [1.82, 2.24) is 19.6 Å². The Labute approximate surface area is 217 Å². The van der Waals surface area contributed by atoms with E-state index in [2.05, 4.69) is 20.4 Å². The summed E-state index contributed by atoms with van der Waals surface area (Å²) in [6.07, 6.45) is 1.48. The minimum Gasteiger partial charge on any atom is -0.479 e. The van der Waals surface area contributed by atoms with Gasteiger partial charge in [0.15, 0.2) is 11.5 Å². The molecule has 1 aromatic carbocycles. The fraction of sp³-hybridized carbons (Fsp3) is 0.480. The van der Waals surface area contributed by atoms with Crippen LogP contribution in [0.2, 0.25) is 0 Å². The van der Waals surface area contributed by atoms with Crippen molar-refractivity contribution in [2.45, 2.75) is 68.2 Å². The molecule has 13 heteroatoms. The van der Waals surface area contributed by atoms with Gasteiger partial charge >= 0.3 is 11.9 Å². The molecule has 4 atom stereocenters. The van der Waals surface area contributed by atoms with Gasteiger partial charge in [-0.2, -0.15) is 5.10 Å². The van der Waals surface area contributed by atoms with Crippen molar-refractivity contribution in [3.8, 4) is 0 Å². The average molecular weight is 528 g/mol. The van der Waals surface area contributed by atoms with E-state index in [-0.39, 0.29) is 6.04 Å². The summed E-state index contributed by atoms with van der Waals surface area (Å²) in [6.45, 7) is -0.597. The lowest BCUT2D eigenvalue weighted by atomic mass is 9.94. The molecule has 1 aliphatic carbocycles. The van der Waals surface area contributed by atoms with Crippen LogP contribution < -0.4 is 5.32 Å². The maximum Gasteiger partial charge on any atom is 0.348 e. The topological polar surface area (TPSA) is 189 Å². The first kappa shape index (κ1) is 26.0. The van der Waals surface area contributed by atoms with Crippen LogP contribution in [0, 0.1) is 0 Å². The van der Waals surface area contributed by atoms with Crippen LogP contribution in [0.25, 0.3) is 5.65 Å². The first-order chi connectivity index (χ1) is 18.3. The van der Waals surface area contributed by atoms with E-state index in [0.29, 0.717) is 22.7 Å². The molecular weight excluding hydrogens is 498 g/mol. The number of aromatic nitrogens is 4. The Morgan fingerprint density at radius 1 is 1.08 bits per heavy atom. The summed E-state index contributed by atoms with van der Waals surface area (Å²) in [5.41, 5.74) is -1.41. The van der Waals surface area contributed by atoms with Crippen LogP contribution >= 0.6 is 0 Å². The fourth-order valence-electron chi connectivity index (χ4n) is 5.05. The maximum atomic E-state index is 12.1. The lowest BCUT2D eigenvalue weighted by Crippen LogP contribution is -2.52. The number of carboxylic acid groups (broad SMARTS) is 2. The number of carbonyl (C=O) groups is 2. The summed E-state index contributed by atoms with van der Waals surface area (Å²) in [6, 6.07) is 8.49. The lowest BCUT2D eigenvalue weighted by Gasteiger charge is -2.27. The molecule has 2 aliphatic rings. The molecule has 5 N–H and O–H groups in total. The Hall–Kier alpha value is -3.65. The number of hydrogen-bond acceptors (Lipinski definition) is 10. The number of nitrogens with zero attached hydrogens (tertiary/aromatic N) is 4. The number of fused-ring (bicyclic) bond motifs is 1. The van der Waals surface area contributed by atoms with Gasteiger partial charge in [-0.1, -0.05) is 43.2 Å². The Morgan fingerprint density at radius 2 is 1.79 bits per heavy atom. The van der Waals surface area contributed by atoms with Gasteiger partial charge in [0.2, 0.25) is 0 Å². The van der Waals surface area contributed by atoms with Gasteiger partial charge in [-0.25, -0.2) is 24.1 Å². The zero-order valence-electron chi connectivity index (χ0n) is 20.4. The molecular formula is C25H29N5O8. The van der Waals surface area contributed by atoms with Crippen LogP contribution in [0.5, 0.6) is 0 Å². The number of carboxylic acids is 2. The van der Waals surface area contributed by atoms with Gasteiger partial charge in [0.05, 0.1) is 18.5 Å². The van der Waals surface area contributed by atoms with Gasteiger partial charge in [0.1, 0.15) is 30.7 Å². The maximum absolute atomic E-state index is 12.1. The number of aliphatic carboxylic acids is 2. The van der Waals surface area contributed by atoms with Crippen LogP contribution in [-0.2, 0) is 25.5 Å². The molecule has 0 spiro atoms. The van der Waals surface area contributed by atoms with Gasteiger partial charge in [0, 0.05) is 12.5 Å². The standard InChI is InChI=1S/C25H29N5O8/c31-18-17(12-37-25(23(33)34,24(35)36)10-14-6-2-1-3-7-14)38-20(19(18)32)16-11-26-22-21(27-13-28-30(16)22)29-15-8-4-5-9-15/h1-3,6-7,11,13,15,17-20,31-32H,4-5,8-10,12H2,(H,33,34)(H,35,36)(H,27,28,29)/t17?,18-,19-,20?/m1/s1. The average Bonchev–Trinajstić information content (AvgIpc) is 3.63. The van der Waals surface area contributed by atoms with E-state index in [9.17, 15) is 30.0 Å². The molecule has 13 nitrogen and oxygen atoms in total. The zero-order valence-corrected chi connectivity index (χ0v) is 20.4. The number of anilines is 1. The van der Waals surface area contributed by atoms with E-state index in [1.807, 2.05) is 0 Å². The van der Waals surface area contributed by atoms with Crippen molar-refractivity contribution < 1.29 is 39.5 Å². The van der Waals surface area contributed by atoms with E-state index in [4.69, 9.17) is 9.47 Å². The quantitative estimate of drug-likeness (QED) is 0.234. The smallest absolute Gasteiger partial charge is 0.348 e. The first-order valence-corrected chi connectivity index (χ1v) is 12.4. The molecule has 0 radical (unpaired) electrons. The number of aliphatic hydroxyl groups excluding tert-OH is 2. The molecule has 0 amide bonds. The molecule has 1 aliphatic heterocycles. The highest BCUT2D eigenvalue weighted by Gasteiger charge is 2.51. The summed E-state index contributed by atoms with van der Waals surface area (Å²) in [5, 5.41) is 48.7. The Balaban J connectivity index is 1.34. The second-order valence-electron chi connectivity index (χ2n) is 9.64. The highest BCUT2D eigenvalue weighted by Crippen LogP contribution is 2.35. The third-order valence-corrected chi connectivity index (χ3v) is 7.16. The lowest BCUT2D eigenvalue weighted by molar-refractivity contribution is -0.189. The first-order valence-electron chi connectivity index (χ1n) is 12.4. The predicted octanol–water partition coefficient (Wildman–Crippen LogP) is 0.808. The molecule has 3 heterocycles. The Morgan fingerprint density at radius 3 is 2.47 bits per heavy atom. The Kier molecular flexibility index (Phi) is 7.25. The molecule has 2 fully saturated rings. The van der Waals surface area contributed by atoms with Crippen LogP contribution in [0.4, 0.5) is 5.82 Å². The van der Waals surface area contributed by atoms with Crippen molar-refractivity contribution in [2.75, 3.05) is 11.9 Å². The summed E-state index contributed by atoms with van der Waals surface area (Å²) in [5.74, 6) is -2.85. The van der Waals surface area contributed by atoms with Gasteiger partial charge in [-0.05, 0) is 18.4 Å². The third kappa shape index (κ3) is 4.80. The van der Waals surface area contributed by atoms with Crippen molar-refractivity contribution in [2.24, 2.45) is 0 Å². The van der Waals surface area contributed by atoms with E-state index in [1.54, 1.807) is 30.3 Å². The molecule has 1 saturated carbocycles. The van der Waals surface area contributed by atoms with Crippen LogP contribution in [0.1, 0.15) is 43.0 Å². The van der Waals surface area contributed by atoms with Crippen molar-refractivity contribution in [3.63, 3.8) is 0 Å². The second kappa shape index (κ2) is 10.6. The highest BCUT2D eigenvalue weighted by atomic mass is 16.6. The van der Waals surface area contributed by atoms with Gasteiger partial charge in [-0.15, -0.1) is 0 Å². The number of imidazole rings is 1. The normalized spacial score (nSPS) is 24.2. The minimum absolute atomic E-state index is 0.283. The highest BCUT2D eigenvalue weighted by molar-refractivity contribution is 6.02. The molecule has 2 aromatic heterocycles. The molecule has 1 saturated heterocycles. The SMILES string of the molecule is O=C(O)C(Cc1ccccc1)(OCC1OC(c2cnc3c(NC4CCCC4)ncnn23)[C@H](O)[C@@H]1O)C(=O)O. The molecule has 3 aromatic rings. The van der Waals surface area contributed by atoms with Crippen LogP contribution in [0.3, 0.4) is 0 Å². The number of ether oxygens (including phenoxy) is 2. The second-order valence-corrected chi connectivity index (χ2v) is 9.64. The van der Waals surface area contributed by atoms with E-state index < -0.39 is 55.0 Å². The monoisotopic (exact) mass is 527 g/mol. The van der Waals surface area contributed by atoms with Crippen LogP contribution in [0.15, 0.2) is 42.9 Å². The van der Waals surface area contributed by atoms with Gasteiger partial charge in [-0.3, -0.25) is 0 Å². The zero-order chi connectivity index (χ0) is 26.9. The van der Waals surface area contributed by atoms with Crippen molar-refractivity contribution in [3.05, 3.63) is 54.1 Å². The van der Waals surface area contributed by atoms with Crippen molar-refractivity contribution >= 4 is 23.4 Å². The Bertz CT molecular complexity index is 1280. The predicted molar refractivity (Wildman–Crippen MR) is 130 cm³/mol. The van der Waals surface area contributed by atoms with E-state index in [0.717, 1.165) is 25.7 Å². The number of hydrogen-bond donors (Lipinski definition) is 5. The molecule has 2 unspecified atom stereocenters. The summed E-state index contributed by atoms with van der Waals surface area (Å²) < 4.78 is 12.8. The van der Waals surface area contributed by atoms with E-state index >= 15 is 0 Å². The summed E-state index contributed by atoms with van der Waals surface area (Å²) in [4.78, 5) is 32.8. The summed E-state index contributed by atoms with van der Waals surface area (Å²) in [7, 11) is 0. The number of rotatable bonds is 10. The number of nitrogens with one attached hydrogen (secondary N) is 1. The summed E-state index contributed by atoms with van der Waals surface area (Å²) >= 11 is 0. The number of aliphatic hydroxyl groups is 2. The molecule has 202 valence electrons. The largest absolute Gasteiger partial charge is 0.479 e. The van der Waals surface area contributed by atoms with Crippen molar-refractivity contribution in [1.29, 1.82) is 0 Å². The van der Waals surface area contributed by atoms with Gasteiger partial charge in [0.25, 0.3) is 5.60 Å². The van der Waals surface area contributed by atoms with E-state index in [1.165, 1.54) is 17.0 Å². The van der Waals surface area contributed by atoms with Gasteiger partial charge < -0.3 is 35.2 Å². The molecule has 0 bridgehead atoms. The number of benzene rings is 1.